The SMILES string of the molecule is O=C(NNc1cc(N2CCCC2)nc(N2CCCC2)n1)c1ccccc1Cl. The maximum atomic E-state index is 12.4. The summed E-state index contributed by atoms with van der Waals surface area (Å²) in [5, 5.41) is 0.412. The minimum Gasteiger partial charge on any atom is -0.356 e. The summed E-state index contributed by atoms with van der Waals surface area (Å²) in [4.78, 5) is 26.2. The van der Waals surface area contributed by atoms with Gasteiger partial charge in [-0.05, 0) is 37.8 Å². The minimum atomic E-state index is -0.301. The largest absolute Gasteiger partial charge is 0.356 e. The van der Waals surface area contributed by atoms with Crippen LogP contribution in [-0.2, 0) is 0 Å². The Balaban J connectivity index is 1.53. The quantitative estimate of drug-likeness (QED) is 0.769. The van der Waals surface area contributed by atoms with E-state index >= 15 is 0 Å². The number of halogens is 1. The third kappa shape index (κ3) is 4.08. The minimum absolute atomic E-state index is 0.301. The van der Waals surface area contributed by atoms with Crippen LogP contribution in [0.1, 0.15) is 36.0 Å². The summed E-state index contributed by atoms with van der Waals surface area (Å²) in [6.07, 6.45) is 4.66. The molecule has 0 aliphatic carbocycles. The van der Waals surface area contributed by atoms with Crippen LogP contribution >= 0.6 is 11.6 Å². The monoisotopic (exact) mass is 386 g/mol. The summed E-state index contributed by atoms with van der Waals surface area (Å²) in [6.45, 7) is 3.94. The first-order chi connectivity index (χ1) is 13.2. The summed E-state index contributed by atoms with van der Waals surface area (Å²) >= 11 is 6.10. The molecule has 1 amide bonds. The molecule has 0 radical (unpaired) electrons. The van der Waals surface area contributed by atoms with E-state index in [1.54, 1.807) is 24.3 Å². The van der Waals surface area contributed by atoms with Crippen LogP contribution in [-0.4, -0.2) is 42.1 Å². The Morgan fingerprint density at radius 3 is 2.33 bits per heavy atom. The number of amides is 1. The topological polar surface area (TPSA) is 73.4 Å². The van der Waals surface area contributed by atoms with E-state index in [0.717, 1.165) is 44.8 Å². The second kappa shape index (κ2) is 8.00. The average molecular weight is 387 g/mol. The Labute approximate surface area is 163 Å². The van der Waals surface area contributed by atoms with Crippen LogP contribution in [0.25, 0.3) is 0 Å². The highest BCUT2D eigenvalue weighted by atomic mass is 35.5. The molecule has 142 valence electrons. The van der Waals surface area contributed by atoms with Gasteiger partial charge in [-0.2, -0.15) is 9.97 Å². The van der Waals surface area contributed by atoms with Crippen molar-refractivity contribution in [1.29, 1.82) is 0 Å². The van der Waals surface area contributed by atoms with E-state index in [-0.39, 0.29) is 5.91 Å². The molecule has 4 rings (SSSR count). The molecule has 8 heteroatoms. The van der Waals surface area contributed by atoms with E-state index in [1.165, 1.54) is 12.8 Å². The Bertz CT molecular complexity index is 783. The number of hydrogen-bond donors (Lipinski definition) is 2. The van der Waals surface area contributed by atoms with Crippen molar-refractivity contribution in [2.45, 2.75) is 25.7 Å². The molecule has 2 fully saturated rings. The smallest absolute Gasteiger partial charge is 0.271 e. The van der Waals surface area contributed by atoms with Crippen LogP contribution in [0.3, 0.4) is 0 Å². The normalized spacial score (nSPS) is 16.6. The first kappa shape index (κ1) is 17.9. The number of carbonyl (C=O) groups is 1. The van der Waals surface area contributed by atoms with E-state index in [2.05, 4.69) is 25.6 Å². The van der Waals surface area contributed by atoms with Gasteiger partial charge in [0.25, 0.3) is 5.91 Å². The summed E-state index contributed by atoms with van der Waals surface area (Å²) in [6, 6.07) is 8.84. The summed E-state index contributed by atoms with van der Waals surface area (Å²) in [7, 11) is 0. The second-order valence-corrected chi connectivity index (χ2v) is 7.27. The molecule has 2 saturated heterocycles. The fourth-order valence-electron chi connectivity index (χ4n) is 3.49. The number of hydrogen-bond acceptors (Lipinski definition) is 6. The Hall–Kier alpha value is -2.54. The van der Waals surface area contributed by atoms with Crippen LogP contribution in [0, 0.1) is 0 Å². The molecule has 2 aliphatic rings. The Kier molecular flexibility index (Phi) is 5.29. The lowest BCUT2D eigenvalue weighted by molar-refractivity contribution is 0.0962. The van der Waals surface area contributed by atoms with Crippen LogP contribution in [0.2, 0.25) is 5.02 Å². The maximum Gasteiger partial charge on any atom is 0.271 e. The van der Waals surface area contributed by atoms with E-state index in [4.69, 9.17) is 16.6 Å². The lowest BCUT2D eigenvalue weighted by atomic mass is 10.2. The van der Waals surface area contributed by atoms with Gasteiger partial charge < -0.3 is 9.80 Å². The van der Waals surface area contributed by atoms with E-state index in [1.807, 2.05) is 6.07 Å². The van der Waals surface area contributed by atoms with Crippen molar-refractivity contribution in [3.63, 3.8) is 0 Å². The van der Waals surface area contributed by atoms with Gasteiger partial charge in [-0.3, -0.25) is 15.6 Å². The molecule has 3 heterocycles. The highest BCUT2D eigenvalue weighted by Gasteiger charge is 2.20. The van der Waals surface area contributed by atoms with Gasteiger partial charge in [-0.25, -0.2) is 0 Å². The molecule has 0 unspecified atom stereocenters. The zero-order valence-electron chi connectivity index (χ0n) is 15.1. The number of hydrazine groups is 1. The average Bonchev–Trinajstić information content (AvgIpc) is 3.40. The zero-order chi connectivity index (χ0) is 18.6. The molecule has 2 N–H and O–H groups in total. The van der Waals surface area contributed by atoms with Gasteiger partial charge in [-0.1, -0.05) is 23.7 Å². The molecule has 27 heavy (non-hydrogen) atoms. The van der Waals surface area contributed by atoms with Crippen molar-refractivity contribution in [1.82, 2.24) is 15.4 Å². The molecule has 7 nitrogen and oxygen atoms in total. The summed E-state index contributed by atoms with van der Waals surface area (Å²) < 4.78 is 0. The maximum absolute atomic E-state index is 12.4. The summed E-state index contributed by atoms with van der Waals surface area (Å²) in [5.41, 5.74) is 6.04. The van der Waals surface area contributed by atoms with Crippen molar-refractivity contribution in [2.75, 3.05) is 41.4 Å². The van der Waals surface area contributed by atoms with Crippen molar-refractivity contribution in [3.05, 3.63) is 40.9 Å². The molecule has 2 aliphatic heterocycles. The number of carbonyl (C=O) groups excluding carboxylic acids is 1. The Morgan fingerprint density at radius 2 is 1.63 bits per heavy atom. The lowest BCUT2D eigenvalue weighted by Crippen LogP contribution is -2.31. The number of anilines is 3. The van der Waals surface area contributed by atoms with Gasteiger partial charge in [0, 0.05) is 32.2 Å². The van der Waals surface area contributed by atoms with Crippen molar-refractivity contribution in [2.24, 2.45) is 0 Å². The number of rotatable bonds is 5. The van der Waals surface area contributed by atoms with Crippen LogP contribution in [0.5, 0.6) is 0 Å². The first-order valence-electron chi connectivity index (χ1n) is 9.40. The zero-order valence-corrected chi connectivity index (χ0v) is 15.9. The third-order valence-corrected chi connectivity index (χ3v) is 5.27. The predicted octanol–water partition coefficient (Wildman–Crippen LogP) is 3.09. The highest BCUT2D eigenvalue weighted by molar-refractivity contribution is 6.33. The van der Waals surface area contributed by atoms with E-state index in [0.29, 0.717) is 22.4 Å². The second-order valence-electron chi connectivity index (χ2n) is 6.86. The standard InChI is InChI=1S/C19H23ClN6O/c20-15-8-2-1-7-14(15)18(27)24-23-16-13-17(25-9-3-4-10-25)22-19(21-16)26-11-5-6-12-26/h1-2,7-8,13H,3-6,9-12H2,(H,24,27)(H,21,22,23). The van der Waals surface area contributed by atoms with Gasteiger partial charge in [0.2, 0.25) is 5.95 Å². The molecule has 0 spiro atoms. The molecule has 1 aromatic carbocycles. The van der Waals surface area contributed by atoms with E-state index in [9.17, 15) is 4.79 Å². The van der Waals surface area contributed by atoms with Crippen LogP contribution in [0.4, 0.5) is 17.6 Å². The van der Waals surface area contributed by atoms with Crippen LogP contribution in [0.15, 0.2) is 30.3 Å². The number of aromatic nitrogens is 2. The highest BCUT2D eigenvalue weighted by Crippen LogP contribution is 2.25. The van der Waals surface area contributed by atoms with E-state index < -0.39 is 0 Å². The summed E-state index contributed by atoms with van der Waals surface area (Å²) in [5.74, 6) is 1.89. The fraction of sp³-hybridized carbons (Fsp3) is 0.421. The lowest BCUT2D eigenvalue weighted by Gasteiger charge is -2.22. The van der Waals surface area contributed by atoms with Crippen molar-refractivity contribution < 1.29 is 4.79 Å². The van der Waals surface area contributed by atoms with Crippen LogP contribution < -0.4 is 20.7 Å². The molecular formula is C19H23ClN6O. The van der Waals surface area contributed by atoms with Gasteiger partial charge in [-0.15, -0.1) is 0 Å². The molecule has 0 bridgehead atoms. The van der Waals surface area contributed by atoms with Crippen molar-refractivity contribution >= 4 is 35.1 Å². The van der Waals surface area contributed by atoms with Gasteiger partial charge in [0.05, 0.1) is 10.6 Å². The molecule has 2 aromatic rings. The number of nitrogens with one attached hydrogen (secondary N) is 2. The predicted molar refractivity (Wildman–Crippen MR) is 107 cm³/mol. The fourth-order valence-corrected chi connectivity index (χ4v) is 3.71. The van der Waals surface area contributed by atoms with Gasteiger partial charge in [0.1, 0.15) is 5.82 Å². The number of nitrogens with zero attached hydrogens (tertiary/aromatic N) is 4. The Morgan fingerprint density at radius 1 is 0.963 bits per heavy atom. The van der Waals surface area contributed by atoms with Gasteiger partial charge >= 0.3 is 0 Å². The first-order valence-corrected chi connectivity index (χ1v) is 9.78. The third-order valence-electron chi connectivity index (χ3n) is 4.94. The molecule has 0 atom stereocenters. The molecular weight excluding hydrogens is 364 g/mol. The van der Waals surface area contributed by atoms with Gasteiger partial charge in [0.15, 0.2) is 5.82 Å². The molecule has 1 aromatic heterocycles. The molecule has 0 saturated carbocycles. The number of benzene rings is 1. The van der Waals surface area contributed by atoms with Crippen molar-refractivity contribution in [3.8, 4) is 0 Å².